The minimum Gasteiger partial charge on any atom is -0.326 e. The fraction of sp³-hybridized carbons (Fsp3) is 0.286. The molecule has 0 atom stereocenters. The Hall–Kier alpha value is -2.86. The third-order valence-electron chi connectivity index (χ3n) is 4.93. The molecule has 1 aliphatic carbocycles. The molecule has 7 heteroatoms. The van der Waals surface area contributed by atoms with Gasteiger partial charge in [0.1, 0.15) is 0 Å². The van der Waals surface area contributed by atoms with Crippen LogP contribution in [0.1, 0.15) is 36.0 Å². The second-order valence-electron chi connectivity index (χ2n) is 7.11. The first-order valence-electron chi connectivity index (χ1n) is 9.33. The third-order valence-corrected chi connectivity index (χ3v) is 5.16. The number of hydrogen-bond acceptors (Lipinski definition) is 3. The Balaban J connectivity index is 1.49. The molecule has 4 rings (SSSR count). The molecule has 144 valence electrons. The lowest BCUT2D eigenvalue weighted by atomic mass is 10.1. The monoisotopic (exact) mass is 397 g/mol. The zero-order valence-electron chi connectivity index (χ0n) is 15.2. The molecule has 2 fully saturated rings. The van der Waals surface area contributed by atoms with Crippen molar-refractivity contribution >= 4 is 46.4 Å². The van der Waals surface area contributed by atoms with Crippen LogP contribution in [0.5, 0.6) is 0 Å². The second-order valence-corrected chi connectivity index (χ2v) is 7.54. The molecule has 0 spiro atoms. The van der Waals surface area contributed by atoms with Crippen molar-refractivity contribution < 1.29 is 14.4 Å². The van der Waals surface area contributed by atoms with Crippen molar-refractivity contribution in [2.24, 2.45) is 5.92 Å². The summed E-state index contributed by atoms with van der Waals surface area (Å²) in [5.41, 5.74) is 2.22. The molecule has 2 aromatic carbocycles. The third kappa shape index (κ3) is 4.02. The predicted octanol–water partition coefficient (Wildman–Crippen LogP) is 4.07. The van der Waals surface area contributed by atoms with Gasteiger partial charge in [0, 0.05) is 35.3 Å². The molecular weight excluding hydrogens is 378 g/mol. The summed E-state index contributed by atoms with van der Waals surface area (Å²) in [7, 11) is 0. The highest BCUT2D eigenvalue weighted by atomic mass is 35.5. The summed E-state index contributed by atoms with van der Waals surface area (Å²) in [5.74, 6) is -0.151. The van der Waals surface area contributed by atoms with E-state index in [0.717, 1.165) is 19.3 Å². The molecule has 3 amide bonds. The van der Waals surface area contributed by atoms with E-state index in [1.54, 1.807) is 47.4 Å². The molecule has 1 saturated carbocycles. The van der Waals surface area contributed by atoms with Gasteiger partial charge in [-0.2, -0.15) is 0 Å². The van der Waals surface area contributed by atoms with Gasteiger partial charge >= 0.3 is 0 Å². The van der Waals surface area contributed by atoms with E-state index in [1.165, 1.54) is 0 Å². The lowest BCUT2D eigenvalue weighted by molar-refractivity contribution is -0.118. The fourth-order valence-corrected chi connectivity index (χ4v) is 3.41. The summed E-state index contributed by atoms with van der Waals surface area (Å²) in [6.45, 7) is 0.578. The summed E-state index contributed by atoms with van der Waals surface area (Å²) in [5, 5.41) is 6.18. The van der Waals surface area contributed by atoms with Gasteiger partial charge in [-0.1, -0.05) is 11.6 Å². The van der Waals surface area contributed by atoms with Crippen LogP contribution < -0.4 is 15.5 Å². The van der Waals surface area contributed by atoms with Gasteiger partial charge in [0.05, 0.1) is 11.3 Å². The summed E-state index contributed by atoms with van der Waals surface area (Å²) < 4.78 is 0. The van der Waals surface area contributed by atoms with Crippen LogP contribution in [0, 0.1) is 5.92 Å². The number of benzene rings is 2. The number of nitrogens with one attached hydrogen (secondary N) is 2. The van der Waals surface area contributed by atoms with E-state index in [4.69, 9.17) is 11.6 Å². The number of hydrogen-bond donors (Lipinski definition) is 2. The molecule has 6 nitrogen and oxygen atoms in total. The molecule has 2 aromatic rings. The first-order chi connectivity index (χ1) is 13.5. The van der Waals surface area contributed by atoms with Crippen molar-refractivity contribution in [3.8, 4) is 0 Å². The van der Waals surface area contributed by atoms with Gasteiger partial charge < -0.3 is 15.5 Å². The van der Waals surface area contributed by atoms with Gasteiger partial charge in [0.25, 0.3) is 5.91 Å². The van der Waals surface area contributed by atoms with Crippen LogP contribution in [0.25, 0.3) is 0 Å². The Kier molecular flexibility index (Phi) is 5.05. The summed E-state index contributed by atoms with van der Waals surface area (Å²) in [6.07, 6.45) is 3.13. The number of amides is 3. The fourth-order valence-electron chi connectivity index (χ4n) is 3.25. The van der Waals surface area contributed by atoms with Gasteiger partial charge in [0.2, 0.25) is 11.8 Å². The van der Waals surface area contributed by atoms with Gasteiger partial charge in [0.15, 0.2) is 0 Å². The van der Waals surface area contributed by atoms with Crippen molar-refractivity contribution in [1.29, 1.82) is 0 Å². The van der Waals surface area contributed by atoms with Crippen LogP contribution in [0.2, 0.25) is 5.02 Å². The van der Waals surface area contributed by atoms with Crippen LogP contribution in [-0.2, 0) is 9.59 Å². The molecule has 1 heterocycles. The maximum Gasteiger partial charge on any atom is 0.257 e. The highest BCUT2D eigenvalue weighted by molar-refractivity contribution is 6.31. The minimum atomic E-state index is -0.318. The van der Waals surface area contributed by atoms with Gasteiger partial charge in [-0.15, -0.1) is 0 Å². The van der Waals surface area contributed by atoms with Crippen molar-refractivity contribution in [1.82, 2.24) is 0 Å². The normalized spacial score (nSPS) is 16.2. The van der Waals surface area contributed by atoms with Crippen molar-refractivity contribution in [2.45, 2.75) is 25.7 Å². The molecule has 0 bridgehead atoms. The number of halogens is 1. The SMILES string of the molecule is O=C(Nc1ccc(NC(=O)C2CC2)cc1)c1ccc(Cl)cc1N1CCCC1=O. The zero-order chi connectivity index (χ0) is 19.7. The Morgan fingerprint density at radius 2 is 1.68 bits per heavy atom. The molecular formula is C21H20ClN3O3. The lowest BCUT2D eigenvalue weighted by Crippen LogP contribution is -2.27. The van der Waals surface area contributed by atoms with E-state index in [9.17, 15) is 14.4 Å². The van der Waals surface area contributed by atoms with Crippen LogP contribution in [-0.4, -0.2) is 24.3 Å². The van der Waals surface area contributed by atoms with Crippen molar-refractivity contribution in [3.63, 3.8) is 0 Å². The number of carbonyl (C=O) groups is 3. The average molecular weight is 398 g/mol. The van der Waals surface area contributed by atoms with E-state index in [-0.39, 0.29) is 23.6 Å². The highest BCUT2D eigenvalue weighted by Gasteiger charge is 2.29. The molecule has 28 heavy (non-hydrogen) atoms. The molecule has 0 unspecified atom stereocenters. The molecule has 2 N–H and O–H groups in total. The van der Waals surface area contributed by atoms with E-state index >= 15 is 0 Å². The smallest absolute Gasteiger partial charge is 0.257 e. The summed E-state index contributed by atoms with van der Waals surface area (Å²) >= 11 is 6.09. The van der Waals surface area contributed by atoms with E-state index in [2.05, 4.69) is 10.6 Å². The van der Waals surface area contributed by atoms with Crippen LogP contribution in [0.3, 0.4) is 0 Å². The Morgan fingerprint density at radius 1 is 1.00 bits per heavy atom. The molecule has 1 aliphatic heterocycles. The van der Waals surface area contributed by atoms with Crippen molar-refractivity contribution in [3.05, 3.63) is 53.1 Å². The number of rotatable bonds is 5. The topological polar surface area (TPSA) is 78.5 Å². The Labute approximate surface area is 167 Å². The molecule has 1 saturated heterocycles. The molecule has 2 aliphatic rings. The maximum absolute atomic E-state index is 12.8. The first kappa shape index (κ1) is 18.5. The quantitative estimate of drug-likeness (QED) is 0.798. The van der Waals surface area contributed by atoms with Crippen LogP contribution in [0.4, 0.5) is 17.1 Å². The predicted molar refractivity (Wildman–Crippen MR) is 109 cm³/mol. The molecule has 0 radical (unpaired) electrons. The van der Waals surface area contributed by atoms with E-state index in [0.29, 0.717) is 40.6 Å². The van der Waals surface area contributed by atoms with Crippen LogP contribution in [0.15, 0.2) is 42.5 Å². The first-order valence-corrected chi connectivity index (χ1v) is 9.71. The lowest BCUT2D eigenvalue weighted by Gasteiger charge is -2.20. The van der Waals surface area contributed by atoms with Gasteiger partial charge in [-0.05, 0) is 61.7 Å². The largest absolute Gasteiger partial charge is 0.326 e. The number of nitrogens with zero attached hydrogens (tertiary/aromatic N) is 1. The number of anilines is 3. The number of carbonyl (C=O) groups excluding carboxylic acids is 3. The van der Waals surface area contributed by atoms with Gasteiger partial charge in [-0.25, -0.2) is 0 Å². The Morgan fingerprint density at radius 3 is 2.29 bits per heavy atom. The maximum atomic E-state index is 12.8. The van der Waals surface area contributed by atoms with Gasteiger partial charge in [-0.3, -0.25) is 14.4 Å². The summed E-state index contributed by atoms with van der Waals surface area (Å²) in [6, 6.07) is 11.9. The minimum absolute atomic E-state index is 0.00734. The van der Waals surface area contributed by atoms with Crippen LogP contribution >= 0.6 is 11.6 Å². The van der Waals surface area contributed by atoms with Crippen molar-refractivity contribution in [2.75, 3.05) is 22.1 Å². The second kappa shape index (κ2) is 7.64. The molecule has 0 aromatic heterocycles. The Bertz CT molecular complexity index is 938. The van der Waals surface area contributed by atoms with E-state index < -0.39 is 0 Å². The highest BCUT2D eigenvalue weighted by Crippen LogP contribution is 2.31. The standard InChI is InChI=1S/C21H20ClN3O3/c22-14-5-10-17(18(12-14)25-11-1-2-19(25)26)21(28)24-16-8-6-15(7-9-16)23-20(27)13-3-4-13/h5-10,12-13H,1-4,11H2,(H,23,27)(H,24,28). The zero-order valence-corrected chi connectivity index (χ0v) is 16.0. The average Bonchev–Trinajstić information content (AvgIpc) is 3.44. The van der Waals surface area contributed by atoms with E-state index in [1.807, 2.05) is 0 Å². The summed E-state index contributed by atoms with van der Waals surface area (Å²) in [4.78, 5) is 38.3.